The number of aromatic nitrogens is 4. The number of ether oxygens (including phenoxy) is 1. The minimum atomic E-state index is -0.391. The first-order valence-corrected chi connectivity index (χ1v) is 10.3. The third-order valence-electron chi connectivity index (χ3n) is 5.94. The third kappa shape index (κ3) is 3.43. The molecule has 1 atom stereocenters. The Morgan fingerprint density at radius 2 is 1.87 bits per heavy atom. The maximum atomic E-state index is 12.4. The highest BCUT2D eigenvalue weighted by Crippen LogP contribution is 2.25. The van der Waals surface area contributed by atoms with Gasteiger partial charge >= 0.3 is 5.69 Å². The molecule has 0 spiro atoms. The van der Waals surface area contributed by atoms with Crippen molar-refractivity contribution in [3.63, 3.8) is 0 Å². The first-order valence-electron chi connectivity index (χ1n) is 10.3. The Labute approximate surface area is 178 Å². The van der Waals surface area contributed by atoms with Crippen molar-refractivity contribution >= 4 is 21.9 Å². The zero-order valence-electron chi connectivity index (χ0n) is 17.5. The maximum absolute atomic E-state index is 12.4. The molecule has 0 radical (unpaired) electrons. The lowest BCUT2D eigenvalue weighted by Crippen LogP contribution is -2.39. The second-order valence-corrected chi connectivity index (χ2v) is 7.89. The summed E-state index contributed by atoms with van der Waals surface area (Å²) in [6.45, 7) is 2.87. The van der Waals surface area contributed by atoms with Gasteiger partial charge in [-0.05, 0) is 29.8 Å². The van der Waals surface area contributed by atoms with Crippen LogP contribution in [0.5, 0.6) is 0 Å². The molecule has 3 aromatic heterocycles. The number of pyridine rings is 2. The van der Waals surface area contributed by atoms with E-state index in [4.69, 9.17) is 4.74 Å². The molecule has 5 rings (SSSR count). The van der Waals surface area contributed by atoms with E-state index in [0.717, 1.165) is 34.3 Å². The van der Waals surface area contributed by atoms with Crippen LogP contribution in [0.1, 0.15) is 17.4 Å². The predicted molar refractivity (Wildman–Crippen MR) is 118 cm³/mol. The number of fused-ring (bicyclic) bond motifs is 2. The number of benzene rings is 1. The van der Waals surface area contributed by atoms with E-state index < -0.39 is 5.69 Å². The molecule has 0 saturated carbocycles. The van der Waals surface area contributed by atoms with Gasteiger partial charge in [0, 0.05) is 45.3 Å². The summed E-state index contributed by atoms with van der Waals surface area (Å²) in [5, 5.41) is 1.58. The van der Waals surface area contributed by atoms with Gasteiger partial charge in [0.2, 0.25) is 0 Å². The molecule has 8 nitrogen and oxygen atoms in total. The van der Waals surface area contributed by atoms with Crippen LogP contribution in [-0.2, 0) is 25.4 Å². The summed E-state index contributed by atoms with van der Waals surface area (Å²) in [5.74, 6) is 0. The number of morpholine rings is 1. The van der Waals surface area contributed by atoms with Crippen molar-refractivity contribution in [1.29, 1.82) is 0 Å². The number of aryl methyl sites for hydroxylation is 1. The fourth-order valence-corrected chi connectivity index (χ4v) is 4.21. The third-order valence-corrected chi connectivity index (χ3v) is 5.94. The molecule has 1 aromatic carbocycles. The first-order chi connectivity index (χ1) is 15.0. The molecule has 0 N–H and O–H groups in total. The fourth-order valence-electron chi connectivity index (χ4n) is 4.21. The molecule has 1 saturated heterocycles. The lowest BCUT2D eigenvalue weighted by molar-refractivity contribution is -0.0347. The standard InChI is InChI=1S/C23H23N5O3/c1-26-21-17(22(29)27(2)23(26)30)7-8-19(25-21)20-14-28(11-12-31-20)13-15-9-10-24-18-6-4-3-5-16(15)18/h3-10,20H,11-14H2,1-2H3/t20-/m0/s1. The van der Waals surface area contributed by atoms with Gasteiger partial charge in [-0.15, -0.1) is 0 Å². The molecule has 1 aliphatic rings. The van der Waals surface area contributed by atoms with Crippen LogP contribution in [-0.4, -0.2) is 43.7 Å². The molecule has 8 heteroatoms. The van der Waals surface area contributed by atoms with Gasteiger partial charge in [-0.2, -0.15) is 0 Å². The van der Waals surface area contributed by atoms with Crippen molar-refractivity contribution in [3.8, 4) is 0 Å². The van der Waals surface area contributed by atoms with E-state index in [1.54, 1.807) is 13.1 Å². The number of nitrogens with zero attached hydrogens (tertiary/aromatic N) is 5. The Morgan fingerprint density at radius 3 is 2.74 bits per heavy atom. The summed E-state index contributed by atoms with van der Waals surface area (Å²) in [6, 6.07) is 13.8. The molecule has 1 aliphatic heterocycles. The van der Waals surface area contributed by atoms with Crippen molar-refractivity contribution < 1.29 is 4.74 Å². The van der Waals surface area contributed by atoms with Crippen LogP contribution in [0, 0.1) is 0 Å². The average Bonchev–Trinajstić information content (AvgIpc) is 2.81. The predicted octanol–water partition coefficient (Wildman–Crippen LogP) is 1.75. The summed E-state index contributed by atoms with van der Waals surface area (Å²) in [6.07, 6.45) is 1.62. The number of para-hydroxylation sites is 1. The highest BCUT2D eigenvalue weighted by molar-refractivity contribution is 5.81. The maximum Gasteiger partial charge on any atom is 0.332 e. The first kappa shape index (κ1) is 19.6. The molecule has 158 valence electrons. The van der Waals surface area contributed by atoms with Crippen LogP contribution in [0.15, 0.2) is 58.3 Å². The van der Waals surface area contributed by atoms with Gasteiger partial charge in [-0.1, -0.05) is 18.2 Å². The van der Waals surface area contributed by atoms with Gasteiger partial charge in [0.05, 0.1) is 23.2 Å². The highest BCUT2D eigenvalue weighted by Gasteiger charge is 2.24. The fraction of sp³-hybridized carbons (Fsp3) is 0.304. The Hall–Kier alpha value is -3.36. The number of rotatable bonds is 3. The zero-order chi connectivity index (χ0) is 21.5. The molecule has 31 heavy (non-hydrogen) atoms. The van der Waals surface area contributed by atoms with Gasteiger partial charge in [0.1, 0.15) is 11.8 Å². The summed E-state index contributed by atoms with van der Waals surface area (Å²) in [5.41, 5.74) is 2.59. The molecule has 0 amide bonds. The van der Waals surface area contributed by atoms with Gasteiger partial charge in [-0.3, -0.25) is 23.8 Å². The topological polar surface area (TPSA) is 82.2 Å². The van der Waals surface area contributed by atoms with Crippen LogP contribution in [0.25, 0.3) is 21.9 Å². The minimum Gasteiger partial charge on any atom is -0.369 e. The summed E-state index contributed by atoms with van der Waals surface area (Å²) in [7, 11) is 3.10. The SMILES string of the molecule is Cn1c(=O)c2ccc([C@@H]3CN(Cc4ccnc5ccccc45)CCO3)nc2n(C)c1=O. The molecule has 0 unspecified atom stereocenters. The Bertz CT molecular complexity index is 1400. The van der Waals surface area contributed by atoms with E-state index in [9.17, 15) is 9.59 Å². The van der Waals surface area contributed by atoms with E-state index in [-0.39, 0.29) is 11.7 Å². The van der Waals surface area contributed by atoms with E-state index >= 15 is 0 Å². The molecular weight excluding hydrogens is 394 g/mol. The van der Waals surface area contributed by atoms with Gasteiger partial charge in [0.25, 0.3) is 5.56 Å². The molecular formula is C23H23N5O3. The second kappa shape index (κ2) is 7.72. The number of hydrogen-bond acceptors (Lipinski definition) is 6. The van der Waals surface area contributed by atoms with Crippen LogP contribution in [0.2, 0.25) is 0 Å². The summed E-state index contributed by atoms with van der Waals surface area (Å²) < 4.78 is 8.51. The quantitative estimate of drug-likeness (QED) is 0.505. The Balaban J connectivity index is 1.44. The van der Waals surface area contributed by atoms with Crippen molar-refractivity contribution in [1.82, 2.24) is 24.0 Å². The van der Waals surface area contributed by atoms with Crippen molar-refractivity contribution in [3.05, 3.63) is 80.8 Å². The van der Waals surface area contributed by atoms with E-state index in [1.165, 1.54) is 17.2 Å². The smallest absolute Gasteiger partial charge is 0.332 e. The van der Waals surface area contributed by atoms with Crippen LogP contribution >= 0.6 is 0 Å². The Kier molecular flexibility index (Phi) is 4.88. The van der Waals surface area contributed by atoms with Gasteiger partial charge in [-0.25, -0.2) is 9.78 Å². The summed E-state index contributed by atoms with van der Waals surface area (Å²) >= 11 is 0. The monoisotopic (exact) mass is 417 g/mol. The highest BCUT2D eigenvalue weighted by atomic mass is 16.5. The van der Waals surface area contributed by atoms with Crippen molar-refractivity contribution in [2.24, 2.45) is 14.1 Å². The molecule has 4 heterocycles. The normalized spacial score (nSPS) is 17.4. The van der Waals surface area contributed by atoms with E-state index in [1.807, 2.05) is 30.5 Å². The van der Waals surface area contributed by atoms with Gasteiger partial charge < -0.3 is 4.74 Å². The largest absolute Gasteiger partial charge is 0.369 e. The minimum absolute atomic E-state index is 0.231. The molecule has 1 fully saturated rings. The zero-order valence-corrected chi connectivity index (χ0v) is 17.5. The second-order valence-electron chi connectivity index (χ2n) is 7.89. The van der Waals surface area contributed by atoms with Crippen molar-refractivity contribution in [2.75, 3.05) is 19.7 Å². The van der Waals surface area contributed by atoms with Crippen LogP contribution < -0.4 is 11.2 Å². The van der Waals surface area contributed by atoms with Crippen LogP contribution in [0.3, 0.4) is 0 Å². The molecule has 0 aliphatic carbocycles. The molecule has 4 aromatic rings. The lowest BCUT2D eigenvalue weighted by atomic mass is 10.1. The van der Waals surface area contributed by atoms with E-state index in [2.05, 4.69) is 27.0 Å². The van der Waals surface area contributed by atoms with Crippen LogP contribution in [0.4, 0.5) is 0 Å². The average molecular weight is 417 g/mol. The van der Waals surface area contributed by atoms with E-state index in [0.29, 0.717) is 24.2 Å². The van der Waals surface area contributed by atoms with Gasteiger partial charge in [0.15, 0.2) is 0 Å². The molecule has 0 bridgehead atoms. The Morgan fingerprint density at radius 1 is 1.03 bits per heavy atom. The summed E-state index contributed by atoms with van der Waals surface area (Å²) in [4.78, 5) is 36.1. The van der Waals surface area contributed by atoms with Crippen molar-refractivity contribution in [2.45, 2.75) is 12.6 Å². The number of hydrogen-bond donors (Lipinski definition) is 0. The lowest BCUT2D eigenvalue weighted by Gasteiger charge is -2.33.